The molecule has 0 unspecified atom stereocenters. The van der Waals surface area contributed by atoms with Gasteiger partial charge in [-0.05, 0) is 57.2 Å². The van der Waals surface area contributed by atoms with Gasteiger partial charge < -0.3 is 14.8 Å². The zero-order valence-corrected chi connectivity index (χ0v) is 15.9. The van der Waals surface area contributed by atoms with Gasteiger partial charge in [-0.15, -0.1) is 0 Å². The van der Waals surface area contributed by atoms with Crippen molar-refractivity contribution in [2.24, 2.45) is 0 Å². The molecule has 6 nitrogen and oxygen atoms in total. The van der Waals surface area contributed by atoms with E-state index in [1.54, 1.807) is 25.3 Å². The number of hydrogen-bond acceptors (Lipinski definition) is 4. The van der Waals surface area contributed by atoms with E-state index in [4.69, 9.17) is 9.47 Å². The van der Waals surface area contributed by atoms with E-state index >= 15 is 0 Å². The van der Waals surface area contributed by atoms with Crippen molar-refractivity contribution in [1.82, 2.24) is 9.78 Å². The fourth-order valence-corrected chi connectivity index (χ4v) is 2.91. The molecule has 6 heteroatoms. The largest absolute Gasteiger partial charge is 0.493 e. The minimum Gasteiger partial charge on any atom is -0.493 e. The summed E-state index contributed by atoms with van der Waals surface area (Å²) < 4.78 is 12.7. The molecular weight excluding hydrogens is 342 g/mol. The van der Waals surface area contributed by atoms with Crippen molar-refractivity contribution in [3.63, 3.8) is 0 Å². The summed E-state index contributed by atoms with van der Waals surface area (Å²) in [4.78, 5) is 12.8. The van der Waals surface area contributed by atoms with Gasteiger partial charge in [-0.2, -0.15) is 5.10 Å². The first kappa shape index (κ1) is 18.5. The predicted molar refractivity (Wildman–Crippen MR) is 105 cm³/mol. The highest BCUT2D eigenvalue weighted by Gasteiger charge is 2.14. The van der Waals surface area contributed by atoms with Crippen LogP contribution in [0.4, 0.5) is 5.69 Å². The summed E-state index contributed by atoms with van der Waals surface area (Å²) in [6, 6.07) is 14.7. The second-order valence-electron chi connectivity index (χ2n) is 6.11. The molecule has 0 saturated carbocycles. The van der Waals surface area contributed by atoms with E-state index in [2.05, 4.69) is 10.4 Å². The van der Waals surface area contributed by atoms with Gasteiger partial charge in [-0.1, -0.05) is 12.1 Å². The van der Waals surface area contributed by atoms with E-state index in [1.807, 2.05) is 55.8 Å². The van der Waals surface area contributed by atoms with E-state index < -0.39 is 0 Å². The number of amides is 1. The lowest BCUT2D eigenvalue weighted by Gasteiger charge is -2.14. The number of para-hydroxylation sites is 2. The molecule has 1 N–H and O–H groups in total. The lowest BCUT2D eigenvalue weighted by atomic mass is 10.1. The zero-order valence-electron chi connectivity index (χ0n) is 15.9. The Hall–Kier alpha value is -3.28. The lowest BCUT2D eigenvalue weighted by Crippen LogP contribution is -2.14. The van der Waals surface area contributed by atoms with Gasteiger partial charge in [0.15, 0.2) is 11.5 Å². The van der Waals surface area contributed by atoms with Crippen LogP contribution >= 0.6 is 0 Å². The van der Waals surface area contributed by atoms with Crippen LogP contribution in [0.25, 0.3) is 5.69 Å². The average Bonchev–Trinajstić information content (AvgIpc) is 3.00. The maximum absolute atomic E-state index is 12.8. The quantitative estimate of drug-likeness (QED) is 0.713. The monoisotopic (exact) mass is 365 g/mol. The minimum absolute atomic E-state index is 0.231. The molecule has 0 atom stereocenters. The predicted octanol–water partition coefficient (Wildman–Crippen LogP) is 4.15. The van der Waals surface area contributed by atoms with Crippen LogP contribution in [0, 0.1) is 13.8 Å². The van der Waals surface area contributed by atoms with Crippen LogP contribution in [-0.2, 0) is 0 Å². The number of hydrogen-bond donors (Lipinski definition) is 1. The van der Waals surface area contributed by atoms with Gasteiger partial charge in [-0.3, -0.25) is 4.79 Å². The van der Waals surface area contributed by atoms with Gasteiger partial charge in [0.05, 0.1) is 30.8 Å². The Bertz CT molecular complexity index is 963. The zero-order chi connectivity index (χ0) is 19.4. The molecule has 0 aliphatic heterocycles. The molecule has 3 aromatic rings. The Labute approximate surface area is 158 Å². The molecule has 1 heterocycles. The Morgan fingerprint density at radius 2 is 1.89 bits per heavy atom. The smallest absolute Gasteiger partial charge is 0.255 e. The van der Waals surface area contributed by atoms with Gasteiger partial charge in [0, 0.05) is 11.3 Å². The summed E-state index contributed by atoms with van der Waals surface area (Å²) in [5.74, 6) is 0.904. The molecule has 0 saturated heterocycles. The summed E-state index contributed by atoms with van der Waals surface area (Å²) in [6.07, 6.45) is 0. The Balaban J connectivity index is 1.90. The fraction of sp³-hybridized carbons (Fsp3) is 0.238. The highest BCUT2D eigenvalue weighted by atomic mass is 16.5. The molecule has 0 fully saturated rings. The van der Waals surface area contributed by atoms with Crippen molar-refractivity contribution in [2.75, 3.05) is 19.0 Å². The Kier molecular flexibility index (Phi) is 5.45. The van der Waals surface area contributed by atoms with Crippen LogP contribution in [0.2, 0.25) is 0 Å². The number of methoxy groups -OCH3 is 1. The summed E-state index contributed by atoms with van der Waals surface area (Å²) in [5, 5.41) is 7.48. The van der Waals surface area contributed by atoms with Crippen molar-refractivity contribution in [3.8, 4) is 17.2 Å². The van der Waals surface area contributed by atoms with Crippen molar-refractivity contribution < 1.29 is 14.3 Å². The first-order chi connectivity index (χ1) is 13.0. The Morgan fingerprint density at radius 1 is 1.11 bits per heavy atom. The molecule has 1 amide bonds. The van der Waals surface area contributed by atoms with Gasteiger partial charge in [0.1, 0.15) is 0 Å². The van der Waals surface area contributed by atoms with Crippen molar-refractivity contribution >= 4 is 11.6 Å². The molecule has 2 aromatic carbocycles. The van der Waals surface area contributed by atoms with Crippen molar-refractivity contribution in [3.05, 3.63) is 65.5 Å². The average molecular weight is 365 g/mol. The number of nitrogens with one attached hydrogen (secondary N) is 1. The van der Waals surface area contributed by atoms with E-state index in [0.717, 1.165) is 17.1 Å². The molecule has 3 rings (SSSR count). The third kappa shape index (κ3) is 3.95. The first-order valence-corrected chi connectivity index (χ1v) is 8.78. The van der Waals surface area contributed by atoms with Crippen molar-refractivity contribution in [1.29, 1.82) is 0 Å². The maximum atomic E-state index is 12.8. The van der Waals surface area contributed by atoms with E-state index in [-0.39, 0.29) is 5.91 Å². The van der Waals surface area contributed by atoms with E-state index in [0.29, 0.717) is 29.4 Å². The molecular formula is C21H23N3O3. The Morgan fingerprint density at radius 3 is 2.56 bits per heavy atom. The van der Waals surface area contributed by atoms with Crippen molar-refractivity contribution in [2.45, 2.75) is 20.8 Å². The van der Waals surface area contributed by atoms with Crippen LogP contribution in [0.3, 0.4) is 0 Å². The van der Waals surface area contributed by atoms with Crippen LogP contribution in [0.15, 0.2) is 48.5 Å². The second kappa shape index (κ2) is 7.95. The van der Waals surface area contributed by atoms with Gasteiger partial charge in [0.2, 0.25) is 0 Å². The number of carbonyl (C=O) groups excluding carboxylic acids is 1. The number of nitrogens with zero attached hydrogens (tertiary/aromatic N) is 2. The number of anilines is 1. The number of aromatic nitrogens is 2. The minimum atomic E-state index is -0.231. The molecule has 0 aliphatic carbocycles. The molecule has 0 radical (unpaired) electrons. The molecule has 0 aliphatic rings. The van der Waals surface area contributed by atoms with Crippen LogP contribution in [-0.4, -0.2) is 29.4 Å². The van der Waals surface area contributed by atoms with Gasteiger partial charge >= 0.3 is 0 Å². The fourth-order valence-electron chi connectivity index (χ4n) is 2.91. The molecule has 0 spiro atoms. The summed E-state index contributed by atoms with van der Waals surface area (Å²) in [6.45, 7) is 6.35. The van der Waals surface area contributed by atoms with Crippen LogP contribution in [0.5, 0.6) is 11.5 Å². The molecule has 1 aromatic heterocycles. The summed E-state index contributed by atoms with van der Waals surface area (Å²) >= 11 is 0. The number of carbonyl (C=O) groups is 1. The number of benzene rings is 2. The molecule has 27 heavy (non-hydrogen) atoms. The van der Waals surface area contributed by atoms with E-state index in [1.165, 1.54) is 0 Å². The maximum Gasteiger partial charge on any atom is 0.255 e. The lowest BCUT2D eigenvalue weighted by molar-refractivity contribution is 0.102. The number of aryl methyl sites for hydroxylation is 2. The SMILES string of the molecule is CCOc1ccc(C(=O)Nc2ccccc2-n2nc(C)cc2C)cc1OC. The number of ether oxygens (including phenoxy) is 2. The van der Waals surface area contributed by atoms with Gasteiger partial charge in [-0.25, -0.2) is 4.68 Å². The standard InChI is InChI=1S/C21H23N3O3/c1-5-27-19-11-10-16(13-20(19)26-4)21(25)22-17-8-6-7-9-18(17)24-15(3)12-14(2)23-24/h6-13H,5H2,1-4H3,(H,22,25). The topological polar surface area (TPSA) is 65.4 Å². The van der Waals surface area contributed by atoms with E-state index in [9.17, 15) is 4.79 Å². The third-order valence-electron chi connectivity index (χ3n) is 4.12. The van der Waals surface area contributed by atoms with Crippen LogP contribution < -0.4 is 14.8 Å². The molecule has 140 valence electrons. The molecule has 0 bridgehead atoms. The van der Waals surface area contributed by atoms with Gasteiger partial charge in [0.25, 0.3) is 5.91 Å². The highest BCUT2D eigenvalue weighted by molar-refractivity contribution is 6.05. The first-order valence-electron chi connectivity index (χ1n) is 8.78. The summed E-state index contributed by atoms with van der Waals surface area (Å²) in [5.41, 5.74) is 3.90. The summed E-state index contributed by atoms with van der Waals surface area (Å²) in [7, 11) is 1.55. The van der Waals surface area contributed by atoms with Crippen LogP contribution in [0.1, 0.15) is 28.7 Å². The number of rotatable bonds is 6. The second-order valence-corrected chi connectivity index (χ2v) is 6.11. The third-order valence-corrected chi connectivity index (χ3v) is 4.12. The normalized spacial score (nSPS) is 10.5. The highest BCUT2D eigenvalue weighted by Crippen LogP contribution is 2.29.